The van der Waals surface area contributed by atoms with Crippen molar-refractivity contribution < 1.29 is 0 Å². The van der Waals surface area contributed by atoms with Gasteiger partial charge in [-0.15, -0.1) is 11.6 Å². The zero-order valence-electron chi connectivity index (χ0n) is 14.1. The van der Waals surface area contributed by atoms with Gasteiger partial charge in [0.1, 0.15) is 5.52 Å². The van der Waals surface area contributed by atoms with Crippen LogP contribution in [0.1, 0.15) is 30.9 Å². The lowest BCUT2D eigenvalue weighted by molar-refractivity contribution is 0.775. The van der Waals surface area contributed by atoms with E-state index in [4.69, 9.17) is 17.3 Å². The Morgan fingerprint density at radius 2 is 2.12 bits per heavy atom. The number of nitrogens with one attached hydrogen (secondary N) is 2. The smallest absolute Gasteiger partial charge is 0.328 e. The van der Waals surface area contributed by atoms with Crippen LogP contribution in [0.15, 0.2) is 29.1 Å². The van der Waals surface area contributed by atoms with Crippen LogP contribution in [-0.2, 0) is 12.4 Å². The van der Waals surface area contributed by atoms with Crippen molar-refractivity contribution in [2.45, 2.75) is 32.2 Å². The molecule has 0 radical (unpaired) electrons. The molecular weight excluding hydrogens is 340 g/mol. The molecule has 3 rings (SSSR count). The fourth-order valence-electron chi connectivity index (χ4n) is 2.65. The van der Waals surface area contributed by atoms with Gasteiger partial charge < -0.3 is 16.0 Å². The highest BCUT2D eigenvalue weighted by molar-refractivity contribution is 6.17. The molecule has 0 aliphatic heterocycles. The van der Waals surface area contributed by atoms with Crippen LogP contribution in [0.2, 0.25) is 0 Å². The molecule has 0 amide bonds. The molecule has 8 heteroatoms. The van der Waals surface area contributed by atoms with E-state index in [0.717, 1.165) is 30.5 Å². The van der Waals surface area contributed by atoms with Crippen LogP contribution in [0.4, 0.5) is 11.8 Å². The number of H-pyrrole nitrogens is 1. The first-order chi connectivity index (χ1) is 12.1. The zero-order chi connectivity index (χ0) is 17.8. The van der Waals surface area contributed by atoms with Crippen molar-refractivity contribution in [1.82, 2.24) is 19.5 Å². The van der Waals surface area contributed by atoms with Crippen molar-refractivity contribution in [3.63, 3.8) is 0 Å². The van der Waals surface area contributed by atoms with Crippen LogP contribution in [-0.4, -0.2) is 26.1 Å². The quantitative estimate of drug-likeness (QED) is 0.444. The second-order valence-electron chi connectivity index (χ2n) is 5.88. The van der Waals surface area contributed by atoms with E-state index < -0.39 is 0 Å². The molecule has 7 nitrogen and oxygen atoms in total. The van der Waals surface area contributed by atoms with Crippen molar-refractivity contribution in [3.8, 4) is 0 Å². The van der Waals surface area contributed by atoms with Crippen molar-refractivity contribution in [3.05, 3.63) is 45.9 Å². The molecule has 2 heterocycles. The highest BCUT2D eigenvalue weighted by Crippen LogP contribution is 2.18. The monoisotopic (exact) mass is 360 g/mol. The van der Waals surface area contributed by atoms with E-state index in [0.29, 0.717) is 29.5 Å². The standard InChI is InChI=1S/C17H21ClN6O/c1-2-3-7-20-16-22-14(19)13-15(23-16)24(17(25)21-13)10-12-6-4-5-11(8-12)9-18/h4-6,8H,2-3,7,9-10H2,1H3,(H,21,25)(H3,19,20,22,23). The van der Waals surface area contributed by atoms with E-state index in [1.807, 2.05) is 24.3 Å². The van der Waals surface area contributed by atoms with E-state index in [2.05, 4.69) is 27.2 Å². The third-order valence-electron chi connectivity index (χ3n) is 3.95. The average molecular weight is 361 g/mol. The number of hydrogen-bond donors (Lipinski definition) is 3. The number of nitrogen functional groups attached to an aromatic ring is 1. The third kappa shape index (κ3) is 3.76. The predicted molar refractivity (Wildman–Crippen MR) is 101 cm³/mol. The summed E-state index contributed by atoms with van der Waals surface area (Å²) in [5, 5.41) is 3.15. The maximum absolute atomic E-state index is 12.4. The minimum atomic E-state index is -0.266. The van der Waals surface area contributed by atoms with E-state index in [1.165, 1.54) is 0 Å². The summed E-state index contributed by atoms with van der Waals surface area (Å²) in [4.78, 5) is 23.8. The number of nitrogens with two attached hydrogens (primary N) is 1. The number of fused-ring (bicyclic) bond motifs is 1. The third-order valence-corrected chi connectivity index (χ3v) is 4.26. The number of unbranched alkanes of at least 4 members (excludes halogenated alkanes) is 1. The zero-order valence-corrected chi connectivity index (χ0v) is 14.8. The maximum Gasteiger partial charge on any atom is 0.328 e. The van der Waals surface area contributed by atoms with Crippen LogP contribution >= 0.6 is 11.6 Å². The number of hydrogen-bond acceptors (Lipinski definition) is 5. The summed E-state index contributed by atoms with van der Waals surface area (Å²) in [5.74, 6) is 1.12. The Balaban J connectivity index is 1.98. The lowest BCUT2D eigenvalue weighted by Crippen LogP contribution is -2.18. The first-order valence-electron chi connectivity index (χ1n) is 8.26. The van der Waals surface area contributed by atoms with Gasteiger partial charge in [-0.1, -0.05) is 37.6 Å². The van der Waals surface area contributed by atoms with Gasteiger partial charge in [0.25, 0.3) is 0 Å². The van der Waals surface area contributed by atoms with Gasteiger partial charge in [0.05, 0.1) is 6.54 Å². The number of aromatic nitrogens is 4. The van der Waals surface area contributed by atoms with Crippen molar-refractivity contribution in [1.29, 1.82) is 0 Å². The summed E-state index contributed by atoms with van der Waals surface area (Å²) in [5.41, 5.74) is 8.65. The van der Waals surface area contributed by atoms with Gasteiger partial charge in [-0.05, 0) is 17.5 Å². The molecule has 0 bridgehead atoms. The second-order valence-corrected chi connectivity index (χ2v) is 6.15. The van der Waals surface area contributed by atoms with Crippen molar-refractivity contribution >= 4 is 34.5 Å². The number of aromatic amines is 1. The van der Waals surface area contributed by atoms with Crippen LogP contribution in [0.25, 0.3) is 11.2 Å². The Morgan fingerprint density at radius 1 is 1.32 bits per heavy atom. The average Bonchev–Trinajstić information content (AvgIpc) is 2.92. The van der Waals surface area contributed by atoms with Gasteiger partial charge in [0.2, 0.25) is 5.95 Å². The molecule has 0 fully saturated rings. The van der Waals surface area contributed by atoms with Crippen LogP contribution in [0.5, 0.6) is 0 Å². The van der Waals surface area contributed by atoms with Crippen molar-refractivity contribution in [2.24, 2.45) is 0 Å². The molecule has 0 atom stereocenters. The minimum absolute atomic E-state index is 0.259. The molecule has 0 spiro atoms. The molecule has 0 aliphatic rings. The molecule has 2 aromatic heterocycles. The Bertz CT molecular complexity index is 933. The molecule has 25 heavy (non-hydrogen) atoms. The number of alkyl halides is 1. The van der Waals surface area contributed by atoms with Gasteiger partial charge in [-0.25, -0.2) is 4.79 Å². The number of nitrogens with zero attached hydrogens (tertiary/aromatic N) is 3. The van der Waals surface area contributed by atoms with E-state index >= 15 is 0 Å². The topological polar surface area (TPSA) is 102 Å². The lowest BCUT2D eigenvalue weighted by atomic mass is 10.1. The van der Waals surface area contributed by atoms with Crippen LogP contribution < -0.4 is 16.7 Å². The summed E-state index contributed by atoms with van der Waals surface area (Å²) in [6, 6.07) is 7.80. The largest absolute Gasteiger partial charge is 0.382 e. The SMILES string of the molecule is CCCCNc1nc(N)c2[nH]c(=O)n(Cc3cccc(CCl)c3)c2n1. The fraction of sp³-hybridized carbons (Fsp3) is 0.353. The van der Waals surface area contributed by atoms with Gasteiger partial charge >= 0.3 is 5.69 Å². The predicted octanol–water partition coefficient (Wildman–Crippen LogP) is 2.70. The van der Waals surface area contributed by atoms with E-state index in [9.17, 15) is 4.79 Å². The molecule has 0 aliphatic carbocycles. The van der Waals surface area contributed by atoms with Gasteiger partial charge in [-0.3, -0.25) is 4.57 Å². The number of rotatable bonds is 7. The Labute approximate surface area is 150 Å². The Morgan fingerprint density at radius 3 is 2.88 bits per heavy atom. The summed E-state index contributed by atoms with van der Waals surface area (Å²) in [7, 11) is 0. The summed E-state index contributed by atoms with van der Waals surface area (Å²) < 4.78 is 1.56. The highest BCUT2D eigenvalue weighted by Gasteiger charge is 2.14. The molecule has 3 aromatic rings. The molecule has 0 saturated carbocycles. The Kier molecular flexibility index (Phi) is 5.23. The summed E-state index contributed by atoms with van der Waals surface area (Å²) in [6.45, 7) is 3.25. The molecule has 0 saturated heterocycles. The normalized spacial score (nSPS) is 11.1. The molecule has 0 unspecified atom stereocenters. The number of benzene rings is 1. The van der Waals surface area contributed by atoms with Gasteiger partial charge in [0.15, 0.2) is 11.5 Å². The number of halogens is 1. The van der Waals surface area contributed by atoms with Crippen LogP contribution in [0.3, 0.4) is 0 Å². The molecule has 1 aromatic carbocycles. The minimum Gasteiger partial charge on any atom is -0.382 e. The van der Waals surface area contributed by atoms with Gasteiger partial charge in [0, 0.05) is 12.4 Å². The van der Waals surface area contributed by atoms with Gasteiger partial charge in [-0.2, -0.15) is 9.97 Å². The molecule has 132 valence electrons. The Hall–Kier alpha value is -2.54. The lowest BCUT2D eigenvalue weighted by Gasteiger charge is -2.08. The summed E-state index contributed by atoms with van der Waals surface area (Å²) >= 11 is 5.89. The second kappa shape index (κ2) is 7.57. The van der Waals surface area contributed by atoms with E-state index in [1.54, 1.807) is 4.57 Å². The fourth-order valence-corrected chi connectivity index (χ4v) is 2.81. The van der Waals surface area contributed by atoms with E-state index in [-0.39, 0.29) is 11.5 Å². The van der Waals surface area contributed by atoms with Crippen molar-refractivity contribution in [2.75, 3.05) is 17.6 Å². The highest BCUT2D eigenvalue weighted by atomic mass is 35.5. The summed E-state index contributed by atoms with van der Waals surface area (Å²) in [6.07, 6.45) is 2.07. The first-order valence-corrected chi connectivity index (χ1v) is 8.79. The first kappa shape index (κ1) is 17.3. The number of anilines is 2. The maximum atomic E-state index is 12.4. The number of imidazole rings is 1. The van der Waals surface area contributed by atoms with Crippen LogP contribution in [0, 0.1) is 0 Å². The molecule has 4 N–H and O–H groups in total. The molecular formula is C17H21ClN6O.